The van der Waals surface area contributed by atoms with Gasteiger partial charge in [0.15, 0.2) is 0 Å². The average molecular weight is 485 g/mol. The zero-order valence-corrected chi connectivity index (χ0v) is 20.0. The lowest BCUT2D eigenvalue weighted by Crippen LogP contribution is -2.50. The summed E-state index contributed by atoms with van der Waals surface area (Å²) in [5.74, 6) is 1.07. The van der Waals surface area contributed by atoms with Gasteiger partial charge < -0.3 is 14.6 Å². The molecule has 0 unspecified atom stereocenters. The molecule has 5 rings (SSSR count). The summed E-state index contributed by atoms with van der Waals surface area (Å²) in [5.41, 5.74) is 1.75. The van der Waals surface area contributed by atoms with Gasteiger partial charge in [-0.3, -0.25) is 9.80 Å². The zero-order chi connectivity index (χ0) is 23.5. The standard InChI is InChI=1S/C25H29FN4O3S/c1-17-27-23-12-22(6-7-24(23)34-17)32-16-21(31)14-30-10-8-29(9-11-30)13-20-15-33-25(28-20)18-2-4-19(26)5-3-18/h2-7,12,20-21,31H,8-11,13-16H2,1H3/t20-,21-/m0/s1. The Morgan fingerprint density at radius 1 is 1.15 bits per heavy atom. The summed E-state index contributed by atoms with van der Waals surface area (Å²) >= 11 is 1.66. The molecule has 7 nitrogen and oxygen atoms in total. The Morgan fingerprint density at radius 2 is 1.91 bits per heavy atom. The fourth-order valence-electron chi connectivity index (χ4n) is 4.37. The number of hydrogen-bond donors (Lipinski definition) is 1. The summed E-state index contributed by atoms with van der Waals surface area (Å²) in [6.07, 6.45) is -0.550. The van der Waals surface area contributed by atoms with Crippen molar-refractivity contribution in [3.8, 4) is 5.75 Å². The van der Waals surface area contributed by atoms with Crippen LogP contribution in [0.5, 0.6) is 5.75 Å². The molecule has 2 aromatic carbocycles. The van der Waals surface area contributed by atoms with Crippen LogP contribution in [-0.2, 0) is 4.74 Å². The van der Waals surface area contributed by atoms with Gasteiger partial charge in [-0.15, -0.1) is 11.3 Å². The van der Waals surface area contributed by atoms with Crippen LogP contribution in [-0.4, -0.2) is 90.4 Å². The molecule has 0 spiro atoms. The van der Waals surface area contributed by atoms with E-state index in [1.54, 1.807) is 23.5 Å². The number of nitrogens with zero attached hydrogens (tertiary/aromatic N) is 4. The second-order valence-corrected chi connectivity index (χ2v) is 10.1. The highest BCUT2D eigenvalue weighted by Gasteiger charge is 2.25. The summed E-state index contributed by atoms with van der Waals surface area (Å²) in [5, 5.41) is 11.5. The van der Waals surface area contributed by atoms with Crippen LogP contribution in [0.25, 0.3) is 10.2 Å². The molecule has 1 N–H and O–H groups in total. The minimum Gasteiger partial charge on any atom is -0.491 e. The van der Waals surface area contributed by atoms with Crippen molar-refractivity contribution in [3.05, 3.63) is 58.9 Å². The van der Waals surface area contributed by atoms with Gasteiger partial charge in [0.25, 0.3) is 0 Å². The van der Waals surface area contributed by atoms with Crippen LogP contribution in [0.15, 0.2) is 47.5 Å². The van der Waals surface area contributed by atoms with Crippen molar-refractivity contribution in [1.82, 2.24) is 14.8 Å². The van der Waals surface area contributed by atoms with Crippen LogP contribution in [0.3, 0.4) is 0 Å². The summed E-state index contributed by atoms with van der Waals surface area (Å²) in [6.45, 7) is 7.86. The Morgan fingerprint density at radius 3 is 2.71 bits per heavy atom. The minimum absolute atomic E-state index is 0.0874. The third-order valence-electron chi connectivity index (χ3n) is 6.11. The topological polar surface area (TPSA) is 70.4 Å². The Labute approximate surface area is 202 Å². The predicted molar refractivity (Wildman–Crippen MR) is 131 cm³/mol. The highest BCUT2D eigenvalue weighted by atomic mass is 32.1. The molecule has 180 valence electrons. The number of fused-ring (bicyclic) bond motifs is 1. The van der Waals surface area contributed by atoms with Gasteiger partial charge >= 0.3 is 0 Å². The molecule has 34 heavy (non-hydrogen) atoms. The molecule has 3 aromatic rings. The van der Waals surface area contributed by atoms with E-state index >= 15 is 0 Å². The highest BCUT2D eigenvalue weighted by Crippen LogP contribution is 2.25. The quantitative estimate of drug-likeness (QED) is 0.530. The normalized spacial score (nSPS) is 20.3. The van der Waals surface area contributed by atoms with Gasteiger partial charge in [-0.1, -0.05) is 0 Å². The maximum absolute atomic E-state index is 13.1. The smallest absolute Gasteiger partial charge is 0.216 e. The Kier molecular flexibility index (Phi) is 7.05. The summed E-state index contributed by atoms with van der Waals surface area (Å²) < 4.78 is 25.8. The zero-order valence-electron chi connectivity index (χ0n) is 19.2. The van der Waals surface area contributed by atoms with Crippen LogP contribution in [0.4, 0.5) is 4.39 Å². The second kappa shape index (κ2) is 10.4. The fraction of sp³-hybridized carbons (Fsp3) is 0.440. The maximum atomic E-state index is 13.1. The van der Waals surface area contributed by atoms with Gasteiger partial charge in [0.2, 0.25) is 5.90 Å². The van der Waals surface area contributed by atoms with E-state index in [9.17, 15) is 9.50 Å². The van der Waals surface area contributed by atoms with Gasteiger partial charge in [-0.25, -0.2) is 14.4 Å². The number of aryl methyl sites for hydroxylation is 1. The molecule has 3 heterocycles. The summed E-state index contributed by atoms with van der Waals surface area (Å²) in [6, 6.07) is 12.2. The number of ether oxygens (including phenoxy) is 2. The van der Waals surface area contributed by atoms with Crippen LogP contribution in [0, 0.1) is 12.7 Å². The SMILES string of the molecule is Cc1nc2cc(OC[C@@H](O)CN3CCN(C[C@H]4COC(c5ccc(F)cc5)=N4)CC3)ccc2s1. The molecule has 0 amide bonds. The van der Waals surface area contributed by atoms with E-state index in [-0.39, 0.29) is 18.5 Å². The molecule has 0 saturated carbocycles. The number of halogens is 1. The van der Waals surface area contributed by atoms with Gasteiger partial charge in [-0.05, 0) is 43.3 Å². The molecule has 0 radical (unpaired) electrons. The van der Waals surface area contributed by atoms with Crippen molar-refractivity contribution in [2.75, 3.05) is 52.5 Å². The molecule has 0 bridgehead atoms. The van der Waals surface area contributed by atoms with E-state index in [0.717, 1.165) is 59.3 Å². The van der Waals surface area contributed by atoms with Crippen LogP contribution < -0.4 is 4.74 Å². The summed E-state index contributed by atoms with van der Waals surface area (Å²) in [4.78, 5) is 13.8. The van der Waals surface area contributed by atoms with Crippen molar-refractivity contribution < 1.29 is 19.0 Å². The van der Waals surface area contributed by atoms with Gasteiger partial charge in [0.1, 0.15) is 36.9 Å². The van der Waals surface area contributed by atoms with Gasteiger partial charge in [-0.2, -0.15) is 0 Å². The van der Waals surface area contributed by atoms with E-state index in [0.29, 0.717) is 19.0 Å². The molecule has 9 heteroatoms. The number of rotatable bonds is 8. The number of benzene rings is 2. The second-order valence-electron chi connectivity index (χ2n) is 8.83. The first-order chi connectivity index (χ1) is 16.5. The Balaban J connectivity index is 1.04. The molecule has 2 atom stereocenters. The molecular formula is C25H29FN4O3S. The molecule has 1 fully saturated rings. The first-order valence-electron chi connectivity index (χ1n) is 11.6. The van der Waals surface area contributed by atoms with Crippen LogP contribution >= 0.6 is 11.3 Å². The fourth-order valence-corrected chi connectivity index (χ4v) is 5.17. The lowest BCUT2D eigenvalue weighted by atomic mass is 10.2. The van der Waals surface area contributed by atoms with E-state index in [1.165, 1.54) is 12.1 Å². The average Bonchev–Trinajstić information content (AvgIpc) is 3.44. The van der Waals surface area contributed by atoms with Crippen molar-refractivity contribution in [2.24, 2.45) is 4.99 Å². The predicted octanol–water partition coefficient (Wildman–Crippen LogP) is 2.95. The number of β-amino-alcohol motifs (C(OH)–C–C–N with tert-alkyl or cyclic N) is 1. The maximum Gasteiger partial charge on any atom is 0.216 e. The lowest BCUT2D eigenvalue weighted by molar-refractivity contribution is 0.0446. The Bertz CT molecular complexity index is 1140. The molecular weight excluding hydrogens is 455 g/mol. The van der Waals surface area contributed by atoms with E-state index < -0.39 is 6.10 Å². The largest absolute Gasteiger partial charge is 0.491 e. The number of hydrogen-bond acceptors (Lipinski definition) is 8. The lowest BCUT2D eigenvalue weighted by Gasteiger charge is -2.36. The number of aromatic nitrogens is 1. The molecule has 1 aromatic heterocycles. The molecule has 0 aliphatic carbocycles. The summed E-state index contributed by atoms with van der Waals surface area (Å²) in [7, 11) is 0. The van der Waals surface area contributed by atoms with Crippen molar-refractivity contribution in [2.45, 2.75) is 19.1 Å². The number of thiazole rings is 1. The minimum atomic E-state index is -0.550. The van der Waals surface area contributed by atoms with Gasteiger partial charge in [0, 0.05) is 50.9 Å². The molecule has 2 aliphatic rings. The number of piperazine rings is 1. The van der Waals surface area contributed by atoms with E-state index in [1.807, 2.05) is 25.1 Å². The van der Waals surface area contributed by atoms with Crippen LogP contribution in [0.2, 0.25) is 0 Å². The van der Waals surface area contributed by atoms with Gasteiger partial charge in [0.05, 0.1) is 15.2 Å². The van der Waals surface area contributed by atoms with Crippen molar-refractivity contribution >= 4 is 27.5 Å². The van der Waals surface area contributed by atoms with E-state index in [2.05, 4.69) is 19.8 Å². The van der Waals surface area contributed by atoms with Crippen molar-refractivity contribution in [1.29, 1.82) is 0 Å². The molecule has 1 saturated heterocycles. The number of aliphatic hydroxyl groups is 1. The number of aliphatic imine (C=N–C) groups is 1. The van der Waals surface area contributed by atoms with Crippen LogP contribution in [0.1, 0.15) is 10.6 Å². The third kappa shape index (κ3) is 5.72. The number of aliphatic hydroxyl groups excluding tert-OH is 1. The van der Waals surface area contributed by atoms with E-state index in [4.69, 9.17) is 9.47 Å². The molecule has 2 aliphatic heterocycles. The first-order valence-corrected chi connectivity index (χ1v) is 12.4. The Hall–Kier alpha value is -2.59. The third-order valence-corrected chi connectivity index (χ3v) is 7.07. The monoisotopic (exact) mass is 484 g/mol. The highest BCUT2D eigenvalue weighted by molar-refractivity contribution is 7.18. The van der Waals surface area contributed by atoms with Crippen molar-refractivity contribution in [3.63, 3.8) is 0 Å². The first kappa shape index (κ1) is 23.2.